The number of hydrogen-bond donors (Lipinski definition) is 0. The summed E-state index contributed by atoms with van der Waals surface area (Å²) in [6, 6.07) is 0. The lowest BCUT2D eigenvalue weighted by Crippen LogP contribution is -2.74. The van der Waals surface area contributed by atoms with Gasteiger partial charge in [0.05, 0.1) is 5.92 Å². The highest BCUT2D eigenvalue weighted by Gasteiger charge is 2.95. The van der Waals surface area contributed by atoms with E-state index in [-0.39, 0.29) is 0 Å². The van der Waals surface area contributed by atoms with E-state index in [1.54, 1.807) is 0 Å². The molecule has 26 heteroatoms. The molecule has 0 aliphatic heterocycles. The van der Waals surface area contributed by atoms with Gasteiger partial charge in [-0.2, -0.15) is 114 Å². The zero-order valence-electron chi connectivity index (χ0n) is 17.4. The van der Waals surface area contributed by atoms with Gasteiger partial charge < -0.3 is 0 Å². The zero-order valence-corrected chi connectivity index (χ0v) is 17.4. The topological polar surface area (TPSA) is 0 Å². The van der Waals surface area contributed by atoms with Gasteiger partial charge in [-0.1, -0.05) is 6.92 Å². The lowest BCUT2D eigenvalue weighted by atomic mass is 9.80. The average molecular weight is 666 g/mol. The van der Waals surface area contributed by atoms with Crippen LogP contribution in [0.2, 0.25) is 0 Å². The molecule has 0 N–H and O–H groups in total. The van der Waals surface area contributed by atoms with Gasteiger partial charge in [0, 0.05) is 0 Å². The molecular formula is C14H4F26. The molecule has 0 saturated heterocycles. The summed E-state index contributed by atoms with van der Waals surface area (Å²) >= 11 is 0. The van der Waals surface area contributed by atoms with E-state index in [0.29, 0.717) is 0 Å². The summed E-state index contributed by atoms with van der Waals surface area (Å²) in [4.78, 5) is 0. The smallest absolute Gasteiger partial charge is 0.199 e. The van der Waals surface area contributed by atoms with Crippen LogP contribution in [0.1, 0.15) is 6.92 Å². The fraction of sp³-hybridized carbons (Fsp3) is 1.00. The van der Waals surface area contributed by atoms with Crippen LogP contribution in [0.3, 0.4) is 0 Å². The summed E-state index contributed by atoms with van der Waals surface area (Å²) in [6.45, 7) is -1.85. The Kier molecular flexibility index (Phi) is 8.67. The van der Waals surface area contributed by atoms with Crippen LogP contribution in [0.4, 0.5) is 114 Å². The minimum absolute atomic E-state index is 1.85. The van der Waals surface area contributed by atoms with Crippen LogP contribution in [0, 0.1) is 5.92 Å². The van der Waals surface area contributed by atoms with Gasteiger partial charge in [-0.3, -0.25) is 0 Å². The van der Waals surface area contributed by atoms with E-state index >= 15 is 0 Å². The van der Waals surface area contributed by atoms with Crippen molar-refractivity contribution in [2.45, 2.75) is 78.5 Å². The maximum absolute atomic E-state index is 13.8. The molecular weight excluding hydrogens is 662 g/mol. The van der Waals surface area contributed by atoms with Crippen LogP contribution in [0.25, 0.3) is 0 Å². The predicted molar refractivity (Wildman–Crippen MR) is 70.7 cm³/mol. The maximum Gasteiger partial charge on any atom is 0.460 e. The summed E-state index contributed by atoms with van der Waals surface area (Å²) in [5, 5.41) is 0. The van der Waals surface area contributed by atoms with Crippen LogP contribution < -0.4 is 0 Å². The predicted octanol–water partition coefficient (Wildman–Crippen LogP) is 9.10. The van der Waals surface area contributed by atoms with Gasteiger partial charge in [0.2, 0.25) is 0 Å². The van der Waals surface area contributed by atoms with Gasteiger partial charge >= 0.3 is 71.6 Å². The van der Waals surface area contributed by atoms with E-state index in [1.807, 2.05) is 0 Å². The first-order valence-corrected chi connectivity index (χ1v) is 8.57. The van der Waals surface area contributed by atoms with Gasteiger partial charge in [-0.25, -0.2) is 0 Å². The standard InChI is InChI=1S/C14H4F26/c1-2(3(15,16)5(19,20)7(23,24)9(27,28)11(31,32)13(35,36)37)4(17,18)6(21,22)8(25,26)10(29,30)12(33,34)14(38,39)40/h2H,1H3. The molecule has 0 unspecified atom stereocenters. The van der Waals surface area contributed by atoms with Crippen molar-refractivity contribution in [2.24, 2.45) is 5.92 Å². The van der Waals surface area contributed by atoms with E-state index in [1.165, 1.54) is 0 Å². The number of halogens is 26. The highest BCUT2D eigenvalue weighted by Crippen LogP contribution is 2.66. The summed E-state index contributed by atoms with van der Waals surface area (Å²) in [7, 11) is 0. The van der Waals surface area contributed by atoms with Gasteiger partial charge in [-0.05, 0) is 0 Å². The Morgan fingerprint density at radius 2 is 0.400 bits per heavy atom. The molecule has 0 heterocycles. The van der Waals surface area contributed by atoms with Gasteiger partial charge in [0.15, 0.2) is 0 Å². The number of alkyl halides is 26. The van der Waals surface area contributed by atoms with Gasteiger partial charge in [0.1, 0.15) is 0 Å². The minimum atomic E-state index is -8.99. The summed E-state index contributed by atoms with van der Waals surface area (Å²) in [5.74, 6) is -93.6. The van der Waals surface area contributed by atoms with Crippen molar-refractivity contribution in [2.75, 3.05) is 0 Å². The van der Waals surface area contributed by atoms with Crippen LogP contribution in [-0.2, 0) is 0 Å². The molecule has 0 aromatic rings. The quantitative estimate of drug-likeness (QED) is 0.204. The average Bonchev–Trinajstić information content (AvgIpc) is 2.70. The summed E-state index contributed by atoms with van der Waals surface area (Å²) in [5.41, 5.74) is 0. The van der Waals surface area contributed by atoms with Crippen LogP contribution in [0.5, 0.6) is 0 Å². The van der Waals surface area contributed by atoms with Crippen molar-refractivity contribution in [1.82, 2.24) is 0 Å². The molecule has 0 bridgehead atoms. The SMILES string of the molecule is CC(C(F)(F)C(F)(F)C(F)(F)C(F)(F)C(F)(F)C(F)(F)F)C(F)(F)C(F)(F)C(F)(F)C(F)(F)C(F)(F)C(F)(F)F. The minimum Gasteiger partial charge on any atom is -0.199 e. The summed E-state index contributed by atoms with van der Waals surface area (Å²) < 4.78 is 338. The normalized spacial score (nSPS) is 17.1. The van der Waals surface area contributed by atoms with Crippen LogP contribution in [0.15, 0.2) is 0 Å². The lowest BCUT2D eigenvalue weighted by molar-refractivity contribution is -0.461. The second-order valence-electron chi connectivity index (χ2n) is 7.56. The lowest BCUT2D eigenvalue weighted by Gasteiger charge is -2.45. The van der Waals surface area contributed by atoms with Crippen molar-refractivity contribution >= 4 is 0 Å². The Bertz CT molecular complexity index is 839. The Hall–Kier alpha value is -1.82. The summed E-state index contributed by atoms with van der Waals surface area (Å²) in [6.07, 6.45) is -16.1. The first-order chi connectivity index (χ1) is 16.7. The molecule has 40 heavy (non-hydrogen) atoms. The third kappa shape index (κ3) is 4.46. The van der Waals surface area contributed by atoms with Crippen molar-refractivity contribution in [3.05, 3.63) is 0 Å². The van der Waals surface area contributed by atoms with E-state index in [0.717, 1.165) is 0 Å². The van der Waals surface area contributed by atoms with Crippen molar-refractivity contribution < 1.29 is 114 Å². The van der Waals surface area contributed by atoms with Crippen molar-refractivity contribution in [3.63, 3.8) is 0 Å². The molecule has 0 atom stereocenters. The molecule has 0 amide bonds. The maximum atomic E-state index is 13.8. The second-order valence-corrected chi connectivity index (χ2v) is 7.56. The van der Waals surface area contributed by atoms with Gasteiger partial charge in [-0.15, -0.1) is 0 Å². The third-order valence-corrected chi connectivity index (χ3v) is 5.00. The van der Waals surface area contributed by atoms with Gasteiger partial charge in [0.25, 0.3) is 0 Å². The molecule has 0 nitrogen and oxygen atoms in total. The van der Waals surface area contributed by atoms with E-state index in [9.17, 15) is 114 Å². The Morgan fingerprint density at radius 3 is 0.550 bits per heavy atom. The largest absolute Gasteiger partial charge is 0.460 e. The highest BCUT2D eigenvalue weighted by molar-refractivity contribution is 5.16. The van der Waals surface area contributed by atoms with Crippen LogP contribution >= 0.6 is 0 Å². The molecule has 0 rings (SSSR count). The molecule has 0 aliphatic carbocycles. The van der Waals surface area contributed by atoms with Crippen molar-refractivity contribution in [1.29, 1.82) is 0 Å². The zero-order chi connectivity index (χ0) is 33.6. The molecule has 0 aromatic heterocycles. The molecule has 242 valence electrons. The molecule has 0 aromatic carbocycles. The third-order valence-electron chi connectivity index (χ3n) is 5.00. The highest BCUT2D eigenvalue weighted by atomic mass is 19.4. The number of rotatable bonds is 10. The first-order valence-electron chi connectivity index (χ1n) is 8.57. The molecule has 0 radical (unpaired) electrons. The first kappa shape index (κ1) is 38.2. The van der Waals surface area contributed by atoms with Crippen molar-refractivity contribution in [3.8, 4) is 0 Å². The Morgan fingerprint density at radius 1 is 0.250 bits per heavy atom. The van der Waals surface area contributed by atoms with E-state index in [4.69, 9.17) is 0 Å². The molecule has 0 aliphatic rings. The fourth-order valence-electron chi connectivity index (χ4n) is 2.33. The molecule has 0 saturated carbocycles. The Balaban J connectivity index is 7.15. The van der Waals surface area contributed by atoms with Crippen LogP contribution in [-0.4, -0.2) is 71.6 Å². The second kappa shape index (κ2) is 9.09. The molecule has 0 spiro atoms. The monoisotopic (exact) mass is 666 g/mol. The fourth-order valence-corrected chi connectivity index (χ4v) is 2.33. The number of hydrogen-bond acceptors (Lipinski definition) is 0. The Labute approximate surface area is 200 Å². The molecule has 0 fully saturated rings. The van der Waals surface area contributed by atoms with E-state index < -0.39 is 84.4 Å². The van der Waals surface area contributed by atoms with E-state index in [2.05, 4.69) is 0 Å².